The fraction of sp³-hybridized carbons (Fsp3) is 0.235. The number of carbonyl (C=O) groups excluding carboxylic acids is 1. The van der Waals surface area contributed by atoms with Crippen molar-refractivity contribution >= 4 is 17.9 Å². The van der Waals surface area contributed by atoms with Crippen LogP contribution in [-0.4, -0.2) is 19.5 Å². The van der Waals surface area contributed by atoms with Crippen molar-refractivity contribution in [3.63, 3.8) is 0 Å². The zero-order chi connectivity index (χ0) is 15.2. The fourth-order valence-electron chi connectivity index (χ4n) is 2.06. The third-order valence-electron chi connectivity index (χ3n) is 2.98. The highest BCUT2D eigenvalue weighted by atomic mass is 35.5. The van der Waals surface area contributed by atoms with Crippen molar-refractivity contribution in [2.45, 2.75) is 13.8 Å². The molecule has 0 saturated carbocycles. The molecular formula is C17H17ClO3. The van der Waals surface area contributed by atoms with E-state index < -0.39 is 0 Å². The van der Waals surface area contributed by atoms with Gasteiger partial charge in [0.05, 0.1) is 13.2 Å². The quantitative estimate of drug-likeness (QED) is 0.731. The second-order valence-electron chi connectivity index (χ2n) is 4.38. The van der Waals surface area contributed by atoms with Crippen LogP contribution in [0.1, 0.15) is 24.2 Å². The zero-order valence-corrected chi connectivity index (χ0v) is 12.8. The third-order valence-corrected chi connectivity index (χ3v) is 3.30. The maximum absolute atomic E-state index is 10.8. The molecule has 0 fully saturated rings. The van der Waals surface area contributed by atoms with E-state index in [-0.39, 0.29) is 0 Å². The van der Waals surface area contributed by atoms with Gasteiger partial charge in [-0.2, -0.15) is 0 Å². The summed E-state index contributed by atoms with van der Waals surface area (Å²) in [6.07, 6.45) is 0.777. The summed E-state index contributed by atoms with van der Waals surface area (Å²) in [5.41, 5.74) is 2.33. The molecule has 0 heterocycles. The molecule has 110 valence electrons. The highest BCUT2D eigenvalue weighted by Gasteiger charge is 2.10. The van der Waals surface area contributed by atoms with Crippen molar-refractivity contribution in [3.05, 3.63) is 47.0 Å². The summed E-state index contributed by atoms with van der Waals surface area (Å²) in [5, 5.41) is 0.534. The Labute approximate surface area is 129 Å². The van der Waals surface area contributed by atoms with Crippen LogP contribution in [-0.2, 0) is 0 Å². The van der Waals surface area contributed by atoms with Crippen LogP contribution in [0, 0.1) is 0 Å². The Bertz CT molecular complexity index is 638. The molecule has 2 aromatic carbocycles. The van der Waals surface area contributed by atoms with Gasteiger partial charge in [0.1, 0.15) is 6.29 Å². The molecule has 0 saturated heterocycles. The molecule has 2 rings (SSSR count). The van der Waals surface area contributed by atoms with Crippen molar-refractivity contribution in [1.82, 2.24) is 0 Å². The molecule has 0 bridgehead atoms. The maximum Gasteiger partial charge on any atom is 0.161 e. The van der Waals surface area contributed by atoms with Gasteiger partial charge in [0.15, 0.2) is 11.5 Å². The van der Waals surface area contributed by atoms with Gasteiger partial charge < -0.3 is 9.47 Å². The van der Waals surface area contributed by atoms with Crippen molar-refractivity contribution < 1.29 is 14.3 Å². The number of ether oxygens (including phenoxy) is 2. The fourth-order valence-corrected chi connectivity index (χ4v) is 2.36. The van der Waals surface area contributed by atoms with Gasteiger partial charge in [-0.3, -0.25) is 4.79 Å². The van der Waals surface area contributed by atoms with E-state index in [2.05, 4.69) is 0 Å². The Hall–Kier alpha value is -2.00. The molecule has 4 heteroatoms. The number of hydrogen-bond acceptors (Lipinski definition) is 3. The first-order valence-corrected chi connectivity index (χ1v) is 7.22. The van der Waals surface area contributed by atoms with Crippen LogP contribution in [0.5, 0.6) is 11.5 Å². The Balaban J connectivity index is 2.44. The lowest BCUT2D eigenvalue weighted by molar-refractivity contribution is 0.112. The topological polar surface area (TPSA) is 35.5 Å². The summed E-state index contributed by atoms with van der Waals surface area (Å²) in [5.74, 6) is 1.40. The number of rotatable bonds is 6. The van der Waals surface area contributed by atoms with Gasteiger partial charge in [-0.25, -0.2) is 0 Å². The molecule has 0 aromatic heterocycles. The minimum atomic E-state index is 0.534. The first-order valence-electron chi connectivity index (χ1n) is 6.84. The lowest BCUT2D eigenvalue weighted by Gasteiger charge is -2.13. The number of halogens is 1. The van der Waals surface area contributed by atoms with Gasteiger partial charge in [-0.05, 0) is 37.6 Å². The van der Waals surface area contributed by atoms with E-state index in [4.69, 9.17) is 21.1 Å². The second-order valence-corrected chi connectivity index (χ2v) is 4.79. The SMILES string of the molecule is CCOc1ccc(-c2ccc(C=O)cc2Cl)cc1OCC. The molecule has 0 aliphatic rings. The summed E-state index contributed by atoms with van der Waals surface area (Å²) in [6.45, 7) is 4.99. The molecule has 0 amide bonds. The molecule has 0 aliphatic heterocycles. The van der Waals surface area contributed by atoms with Gasteiger partial charge in [0.25, 0.3) is 0 Å². The smallest absolute Gasteiger partial charge is 0.161 e. The molecule has 0 radical (unpaired) electrons. The van der Waals surface area contributed by atoms with Gasteiger partial charge in [0.2, 0.25) is 0 Å². The van der Waals surface area contributed by atoms with Crippen LogP contribution < -0.4 is 9.47 Å². The average Bonchev–Trinajstić information content (AvgIpc) is 2.49. The maximum atomic E-state index is 10.8. The van der Waals surface area contributed by atoms with Crippen LogP contribution in [0.2, 0.25) is 5.02 Å². The number of aldehydes is 1. The predicted molar refractivity (Wildman–Crippen MR) is 84.6 cm³/mol. The van der Waals surface area contributed by atoms with Crippen LogP contribution in [0.15, 0.2) is 36.4 Å². The van der Waals surface area contributed by atoms with E-state index in [9.17, 15) is 4.79 Å². The Morgan fingerprint density at radius 3 is 2.33 bits per heavy atom. The predicted octanol–water partition coefficient (Wildman–Crippen LogP) is 4.62. The molecule has 0 atom stereocenters. The number of hydrogen-bond donors (Lipinski definition) is 0. The average molecular weight is 305 g/mol. The molecule has 0 spiro atoms. The van der Waals surface area contributed by atoms with Crippen molar-refractivity contribution in [2.75, 3.05) is 13.2 Å². The van der Waals surface area contributed by atoms with E-state index in [1.54, 1.807) is 12.1 Å². The van der Waals surface area contributed by atoms with E-state index in [0.29, 0.717) is 35.3 Å². The van der Waals surface area contributed by atoms with Gasteiger partial charge in [-0.15, -0.1) is 0 Å². The lowest BCUT2D eigenvalue weighted by Crippen LogP contribution is -1.98. The molecule has 0 N–H and O–H groups in total. The van der Waals surface area contributed by atoms with Gasteiger partial charge >= 0.3 is 0 Å². The first kappa shape index (κ1) is 15.4. The van der Waals surface area contributed by atoms with Crippen LogP contribution >= 0.6 is 11.6 Å². The summed E-state index contributed by atoms with van der Waals surface area (Å²) in [7, 11) is 0. The molecule has 0 aliphatic carbocycles. The summed E-state index contributed by atoms with van der Waals surface area (Å²) < 4.78 is 11.2. The zero-order valence-electron chi connectivity index (χ0n) is 12.1. The van der Waals surface area contributed by atoms with Gasteiger partial charge in [0, 0.05) is 16.1 Å². The number of benzene rings is 2. The third kappa shape index (κ3) is 3.56. The number of carbonyl (C=O) groups is 1. The molecule has 3 nitrogen and oxygen atoms in total. The van der Waals surface area contributed by atoms with E-state index in [1.165, 1.54) is 0 Å². The Morgan fingerprint density at radius 2 is 1.71 bits per heavy atom. The second kappa shape index (κ2) is 7.14. The van der Waals surface area contributed by atoms with Gasteiger partial charge in [-0.1, -0.05) is 29.8 Å². The van der Waals surface area contributed by atoms with Crippen LogP contribution in [0.3, 0.4) is 0 Å². The summed E-state index contributed by atoms with van der Waals surface area (Å²) >= 11 is 6.24. The van der Waals surface area contributed by atoms with Crippen LogP contribution in [0.25, 0.3) is 11.1 Å². The first-order chi connectivity index (χ1) is 10.2. The Kier molecular flexibility index (Phi) is 5.23. The van der Waals surface area contributed by atoms with E-state index in [0.717, 1.165) is 17.4 Å². The summed E-state index contributed by atoms with van der Waals surface area (Å²) in [4.78, 5) is 10.8. The normalized spacial score (nSPS) is 10.2. The summed E-state index contributed by atoms with van der Waals surface area (Å²) in [6, 6.07) is 10.9. The minimum Gasteiger partial charge on any atom is -0.490 e. The highest BCUT2D eigenvalue weighted by molar-refractivity contribution is 6.33. The largest absolute Gasteiger partial charge is 0.490 e. The van der Waals surface area contributed by atoms with E-state index >= 15 is 0 Å². The van der Waals surface area contributed by atoms with E-state index in [1.807, 2.05) is 38.1 Å². The minimum absolute atomic E-state index is 0.534. The molecule has 2 aromatic rings. The molecule has 21 heavy (non-hydrogen) atoms. The monoisotopic (exact) mass is 304 g/mol. The van der Waals surface area contributed by atoms with Crippen molar-refractivity contribution in [3.8, 4) is 22.6 Å². The Morgan fingerprint density at radius 1 is 1.00 bits per heavy atom. The van der Waals surface area contributed by atoms with Crippen molar-refractivity contribution in [1.29, 1.82) is 0 Å². The molecule has 0 unspecified atom stereocenters. The van der Waals surface area contributed by atoms with Crippen LogP contribution in [0.4, 0.5) is 0 Å². The standard InChI is InChI=1S/C17H17ClO3/c1-3-20-16-8-6-13(10-17(16)21-4-2)14-7-5-12(11-19)9-15(14)18/h5-11H,3-4H2,1-2H3. The lowest BCUT2D eigenvalue weighted by atomic mass is 10.0. The van der Waals surface area contributed by atoms with Crippen molar-refractivity contribution in [2.24, 2.45) is 0 Å². The highest BCUT2D eigenvalue weighted by Crippen LogP contribution is 2.35. The molecular weight excluding hydrogens is 288 g/mol.